The fourth-order valence-corrected chi connectivity index (χ4v) is 3.26. The zero-order valence-electron chi connectivity index (χ0n) is 19.0. The maximum absolute atomic E-state index is 11.8. The molecule has 0 spiro atoms. The van der Waals surface area contributed by atoms with Gasteiger partial charge in [-0.25, -0.2) is 0 Å². The first-order valence-electron chi connectivity index (χ1n) is 10.7. The lowest BCUT2D eigenvalue weighted by Crippen LogP contribution is -2.37. The van der Waals surface area contributed by atoms with Gasteiger partial charge in [0, 0.05) is 38.3 Å². The number of hydrogen-bond acceptors (Lipinski definition) is 3. The van der Waals surface area contributed by atoms with E-state index in [1.54, 1.807) is 14.1 Å². The fourth-order valence-electron chi connectivity index (χ4n) is 3.26. The van der Waals surface area contributed by atoms with Crippen molar-refractivity contribution in [3.05, 3.63) is 101 Å². The van der Waals surface area contributed by atoms with Crippen molar-refractivity contribution in [2.24, 2.45) is 4.99 Å². The normalized spacial score (nSPS) is 10.7. The Morgan fingerprint density at radius 1 is 0.909 bits per heavy atom. The van der Waals surface area contributed by atoms with Crippen LogP contribution in [0, 0.1) is 0 Å². The second-order valence-electron chi connectivity index (χ2n) is 7.26. The summed E-state index contributed by atoms with van der Waals surface area (Å²) >= 11 is 0. The molecule has 0 unspecified atom stereocenters. The average molecular weight is 558 g/mol. The predicted octanol–water partition coefficient (Wildman–Crippen LogP) is 4.15. The van der Waals surface area contributed by atoms with Crippen LogP contribution >= 0.6 is 24.0 Å². The van der Waals surface area contributed by atoms with Crippen molar-refractivity contribution >= 4 is 35.8 Å². The number of carbonyl (C=O) groups excluding carboxylic acids is 1. The largest absolute Gasteiger partial charge is 0.489 e. The molecule has 3 N–H and O–H groups in total. The van der Waals surface area contributed by atoms with Crippen molar-refractivity contribution in [1.82, 2.24) is 16.0 Å². The molecule has 0 bridgehead atoms. The van der Waals surface area contributed by atoms with E-state index in [4.69, 9.17) is 4.74 Å². The SMILES string of the molecule is CN=C(NCCc1cccc(C(=O)NC)c1)NCc1ccccc1OCc1ccccc1.I. The third-order valence-electron chi connectivity index (χ3n) is 5.00. The standard InChI is InChI=1S/C26H30N4O2.HI/c1-27-25(31)22-13-8-11-20(17-22)15-16-29-26(28-2)30-18-23-12-6-7-14-24(23)32-19-21-9-4-3-5-10-21;/h3-14,17H,15-16,18-19H2,1-2H3,(H,27,31)(H2,28,29,30);1H. The summed E-state index contributed by atoms with van der Waals surface area (Å²) in [6.45, 7) is 1.82. The summed E-state index contributed by atoms with van der Waals surface area (Å²) in [5, 5.41) is 9.32. The maximum Gasteiger partial charge on any atom is 0.251 e. The summed E-state index contributed by atoms with van der Waals surface area (Å²) < 4.78 is 6.03. The number of carbonyl (C=O) groups is 1. The van der Waals surface area contributed by atoms with Crippen molar-refractivity contribution in [2.75, 3.05) is 20.6 Å². The number of rotatable bonds is 9. The van der Waals surface area contributed by atoms with Gasteiger partial charge in [-0.3, -0.25) is 9.79 Å². The number of benzene rings is 3. The minimum Gasteiger partial charge on any atom is -0.489 e. The highest BCUT2D eigenvalue weighted by molar-refractivity contribution is 14.0. The van der Waals surface area contributed by atoms with Crippen LogP contribution in [0.5, 0.6) is 5.75 Å². The topological polar surface area (TPSA) is 74.8 Å². The van der Waals surface area contributed by atoms with E-state index >= 15 is 0 Å². The third-order valence-corrected chi connectivity index (χ3v) is 5.00. The molecule has 3 aromatic carbocycles. The first-order chi connectivity index (χ1) is 15.7. The summed E-state index contributed by atoms with van der Waals surface area (Å²) in [6, 6.07) is 25.8. The number of ether oxygens (including phenoxy) is 1. The molecule has 0 fully saturated rings. The predicted molar refractivity (Wildman–Crippen MR) is 144 cm³/mol. The second kappa shape index (κ2) is 14.2. The van der Waals surface area contributed by atoms with Gasteiger partial charge in [-0.15, -0.1) is 24.0 Å². The van der Waals surface area contributed by atoms with Gasteiger partial charge in [0.15, 0.2) is 5.96 Å². The Morgan fingerprint density at radius 3 is 2.39 bits per heavy atom. The highest BCUT2D eigenvalue weighted by Gasteiger charge is 2.06. The smallest absolute Gasteiger partial charge is 0.251 e. The van der Waals surface area contributed by atoms with Crippen LogP contribution in [-0.2, 0) is 19.6 Å². The summed E-state index contributed by atoms with van der Waals surface area (Å²) in [6.07, 6.45) is 0.780. The van der Waals surface area contributed by atoms with Gasteiger partial charge < -0.3 is 20.7 Å². The number of nitrogens with zero attached hydrogens (tertiary/aromatic N) is 1. The molecule has 3 aromatic rings. The molecule has 174 valence electrons. The first kappa shape index (κ1) is 26.2. The van der Waals surface area contributed by atoms with Crippen LogP contribution < -0.4 is 20.7 Å². The van der Waals surface area contributed by atoms with E-state index in [2.05, 4.69) is 33.1 Å². The van der Waals surface area contributed by atoms with Crippen LogP contribution in [0.2, 0.25) is 0 Å². The van der Waals surface area contributed by atoms with Gasteiger partial charge in [-0.2, -0.15) is 0 Å². The minimum absolute atomic E-state index is 0. The number of nitrogens with one attached hydrogen (secondary N) is 3. The summed E-state index contributed by atoms with van der Waals surface area (Å²) in [5.74, 6) is 1.49. The Labute approximate surface area is 212 Å². The summed E-state index contributed by atoms with van der Waals surface area (Å²) in [5.41, 5.74) is 3.95. The van der Waals surface area contributed by atoms with Crippen molar-refractivity contribution in [3.63, 3.8) is 0 Å². The number of amides is 1. The van der Waals surface area contributed by atoms with Gasteiger partial charge in [-0.05, 0) is 35.7 Å². The van der Waals surface area contributed by atoms with Gasteiger partial charge in [0.2, 0.25) is 0 Å². The van der Waals surface area contributed by atoms with Gasteiger partial charge in [-0.1, -0.05) is 60.7 Å². The molecule has 33 heavy (non-hydrogen) atoms. The molecule has 7 heteroatoms. The van der Waals surface area contributed by atoms with E-state index < -0.39 is 0 Å². The Kier molecular flexibility index (Phi) is 11.2. The lowest BCUT2D eigenvalue weighted by Gasteiger charge is -2.15. The highest BCUT2D eigenvalue weighted by atomic mass is 127. The Balaban J connectivity index is 0.00000385. The van der Waals surface area contributed by atoms with Crippen LogP contribution in [-0.4, -0.2) is 32.5 Å². The van der Waals surface area contributed by atoms with Gasteiger partial charge >= 0.3 is 0 Å². The molecule has 0 aliphatic heterocycles. The molecule has 0 atom stereocenters. The van der Waals surface area contributed by atoms with Crippen LogP contribution in [0.4, 0.5) is 0 Å². The van der Waals surface area contributed by atoms with Crippen molar-refractivity contribution in [2.45, 2.75) is 19.6 Å². The lowest BCUT2D eigenvalue weighted by atomic mass is 10.1. The molecule has 0 heterocycles. The highest BCUT2D eigenvalue weighted by Crippen LogP contribution is 2.19. The molecule has 0 saturated heterocycles. The zero-order valence-corrected chi connectivity index (χ0v) is 21.3. The molecule has 6 nitrogen and oxygen atoms in total. The third kappa shape index (κ3) is 8.42. The molecule has 0 saturated carbocycles. The van der Waals surface area contributed by atoms with Crippen LogP contribution in [0.25, 0.3) is 0 Å². The van der Waals surface area contributed by atoms with E-state index in [9.17, 15) is 4.79 Å². The molecule has 3 rings (SSSR count). The van der Waals surface area contributed by atoms with E-state index in [0.29, 0.717) is 31.2 Å². The van der Waals surface area contributed by atoms with E-state index in [0.717, 1.165) is 28.9 Å². The van der Waals surface area contributed by atoms with Crippen LogP contribution in [0.1, 0.15) is 27.0 Å². The van der Waals surface area contributed by atoms with Crippen LogP contribution in [0.3, 0.4) is 0 Å². The molecule has 0 aliphatic carbocycles. The molecule has 0 aliphatic rings. The van der Waals surface area contributed by atoms with Crippen molar-refractivity contribution < 1.29 is 9.53 Å². The number of aliphatic imine (C=N–C) groups is 1. The zero-order chi connectivity index (χ0) is 22.6. The van der Waals surface area contributed by atoms with Gasteiger partial charge in [0.1, 0.15) is 12.4 Å². The maximum atomic E-state index is 11.8. The minimum atomic E-state index is -0.0783. The number of halogens is 1. The first-order valence-corrected chi connectivity index (χ1v) is 10.7. The van der Waals surface area contributed by atoms with E-state index in [1.807, 2.05) is 66.7 Å². The van der Waals surface area contributed by atoms with Crippen LogP contribution in [0.15, 0.2) is 83.9 Å². The van der Waals surface area contributed by atoms with E-state index in [-0.39, 0.29) is 29.9 Å². The van der Waals surface area contributed by atoms with Crippen molar-refractivity contribution in [3.8, 4) is 5.75 Å². The summed E-state index contributed by atoms with van der Waals surface area (Å²) in [7, 11) is 3.39. The number of guanidine groups is 1. The average Bonchev–Trinajstić information content (AvgIpc) is 2.85. The van der Waals surface area contributed by atoms with E-state index in [1.165, 1.54) is 0 Å². The van der Waals surface area contributed by atoms with Gasteiger partial charge in [0.05, 0.1) is 0 Å². The van der Waals surface area contributed by atoms with Gasteiger partial charge in [0.25, 0.3) is 5.91 Å². The fraction of sp³-hybridized carbons (Fsp3) is 0.231. The Hall–Kier alpha value is -3.07. The molecular weight excluding hydrogens is 527 g/mol. The van der Waals surface area contributed by atoms with Crippen molar-refractivity contribution in [1.29, 1.82) is 0 Å². The monoisotopic (exact) mass is 558 g/mol. The molecular formula is C26H31IN4O2. The Bertz CT molecular complexity index is 1040. The molecule has 1 amide bonds. The molecule has 0 aromatic heterocycles. The Morgan fingerprint density at radius 2 is 1.64 bits per heavy atom. The number of hydrogen-bond donors (Lipinski definition) is 3. The lowest BCUT2D eigenvalue weighted by molar-refractivity contribution is 0.0963. The summed E-state index contributed by atoms with van der Waals surface area (Å²) in [4.78, 5) is 16.1. The quantitative estimate of drug-likeness (QED) is 0.210. The molecule has 0 radical (unpaired) electrons. The number of para-hydroxylation sites is 1. The second-order valence-corrected chi connectivity index (χ2v) is 7.26.